The first-order valence-electron chi connectivity index (χ1n) is 8.21. The topological polar surface area (TPSA) is 54.5 Å². The lowest BCUT2D eigenvalue weighted by atomic mass is 10.0. The molecular weight excluding hydrogens is 290 g/mol. The Labute approximate surface area is 136 Å². The van der Waals surface area contributed by atoms with E-state index in [4.69, 9.17) is 4.74 Å². The number of piperidine rings is 1. The van der Waals surface area contributed by atoms with Crippen molar-refractivity contribution in [2.75, 3.05) is 38.3 Å². The molecule has 1 saturated heterocycles. The number of fused-ring (bicyclic) bond motifs is 1. The molecule has 0 spiro atoms. The summed E-state index contributed by atoms with van der Waals surface area (Å²) in [5.41, 5.74) is 0.623. The molecule has 0 bridgehead atoms. The lowest BCUT2D eigenvalue weighted by Gasteiger charge is -2.29. The number of nitrogens with zero attached hydrogens (tertiary/aromatic N) is 2. The van der Waals surface area contributed by atoms with Gasteiger partial charge in [-0.05, 0) is 24.6 Å². The Bertz CT molecular complexity index is 681. The summed E-state index contributed by atoms with van der Waals surface area (Å²) in [4.78, 5) is 19.3. The number of amides is 1. The Morgan fingerprint density at radius 3 is 2.70 bits per heavy atom. The molecule has 1 amide bonds. The third kappa shape index (κ3) is 3.45. The highest BCUT2D eigenvalue weighted by Crippen LogP contribution is 2.29. The van der Waals surface area contributed by atoms with E-state index in [1.165, 1.54) is 19.3 Å². The minimum absolute atomic E-state index is 0.101. The molecule has 2 heterocycles. The average molecular weight is 313 g/mol. The summed E-state index contributed by atoms with van der Waals surface area (Å²) in [6.45, 7) is 3.08. The maximum Gasteiger partial charge on any atom is 0.253 e. The van der Waals surface area contributed by atoms with E-state index >= 15 is 0 Å². The second kappa shape index (κ2) is 7.42. The molecule has 1 aromatic heterocycles. The van der Waals surface area contributed by atoms with Crippen LogP contribution in [0.1, 0.15) is 29.6 Å². The van der Waals surface area contributed by atoms with Crippen LogP contribution in [0.3, 0.4) is 0 Å². The van der Waals surface area contributed by atoms with Crippen LogP contribution in [0, 0.1) is 0 Å². The van der Waals surface area contributed by atoms with E-state index in [-0.39, 0.29) is 5.91 Å². The van der Waals surface area contributed by atoms with Gasteiger partial charge in [0.05, 0.1) is 12.2 Å². The molecule has 5 nitrogen and oxygen atoms in total. The van der Waals surface area contributed by atoms with Gasteiger partial charge in [0.2, 0.25) is 0 Å². The fourth-order valence-electron chi connectivity index (χ4n) is 3.08. The number of hydrogen-bond acceptors (Lipinski definition) is 4. The van der Waals surface area contributed by atoms with Crippen LogP contribution in [-0.2, 0) is 4.74 Å². The summed E-state index contributed by atoms with van der Waals surface area (Å²) < 4.78 is 4.98. The van der Waals surface area contributed by atoms with Crippen molar-refractivity contribution in [3.63, 3.8) is 0 Å². The van der Waals surface area contributed by atoms with E-state index in [1.54, 1.807) is 13.3 Å². The molecule has 0 aliphatic carbocycles. The Hall–Kier alpha value is -2.14. The van der Waals surface area contributed by atoms with Gasteiger partial charge in [-0.25, -0.2) is 4.98 Å². The largest absolute Gasteiger partial charge is 0.383 e. The van der Waals surface area contributed by atoms with Gasteiger partial charge in [-0.2, -0.15) is 0 Å². The van der Waals surface area contributed by atoms with E-state index in [2.05, 4.69) is 21.3 Å². The average Bonchev–Trinajstić information content (AvgIpc) is 2.61. The third-order valence-electron chi connectivity index (χ3n) is 4.27. The number of benzene rings is 1. The van der Waals surface area contributed by atoms with Gasteiger partial charge in [0, 0.05) is 38.3 Å². The van der Waals surface area contributed by atoms with Crippen molar-refractivity contribution >= 4 is 22.5 Å². The summed E-state index contributed by atoms with van der Waals surface area (Å²) in [5.74, 6) is 0.893. The zero-order valence-corrected chi connectivity index (χ0v) is 13.5. The zero-order valence-electron chi connectivity index (χ0n) is 13.5. The Balaban J connectivity index is 1.93. The number of pyridine rings is 1. The van der Waals surface area contributed by atoms with Crippen molar-refractivity contribution in [3.8, 4) is 0 Å². The second-order valence-electron chi connectivity index (χ2n) is 5.84. The second-order valence-corrected chi connectivity index (χ2v) is 5.84. The number of anilines is 1. The first-order chi connectivity index (χ1) is 11.3. The summed E-state index contributed by atoms with van der Waals surface area (Å²) in [6.07, 6.45) is 5.40. The maximum absolute atomic E-state index is 12.4. The zero-order chi connectivity index (χ0) is 16.1. The summed E-state index contributed by atoms with van der Waals surface area (Å²) >= 11 is 0. The number of rotatable bonds is 5. The van der Waals surface area contributed by atoms with Crippen molar-refractivity contribution in [1.29, 1.82) is 0 Å². The van der Waals surface area contributed by atoms with Gasteiger partial charge >= 0.3 is 0 Å². The Morgan fingerprint density at radius 1 is 1.22 bits per heavy atom. The lowest BCUT2D eigenvalue weighted by Crippen LogP contribution is -2.31. The van der Waals surface area contributed by atoms with E-state index < -0.39 is 0 Å². The highest BCUT2D eigenvalue weighted by molar-refractivity contribution is 6.09. The normalized spacial score (nSPS) is 14.9. The number of ether oxygens (including phenoxy) is 1. The number of nitrogens with one attached hydrogen (secondary N) is 1. The first-order valence-corrected chi connectivity index (χ1v) is 8.21. The van der Waals surface area contributed by atoms with Crippen LogP contribution in [0.15, 0.2) is 30.5 Å². The van der Waals surface area contributed by atoms with E-state index in [9.17, 15) is 4.79 Å². The number of methoxy groups -OCH3 is 1. The van der Waals surface area contributed by atoms with Crippen LogP contribution in [-0.4, -0.2) is 44.2 Å². The molecule has 2 aromatic rings. The van der Waals surface area contributed by atoms with Crippen LogP contribution in [0.5, 0.6) is 0 Å². The van der Waals surface area contributed by atoms with Crippen molar-refractivity contribution in [3.05, 3.63) is 36.0 Å². The SMILES string of the molecule is COCCNC(=O)c1cnc(N2CCCCC2)c2ccccc12. The molecule has 0 radical (unpaired) electrons. The molecule has 122 valence electrons. The summed E-state index contributed by atoms with van der Waals surface area (Å²) in [6, 6.07) is 8.02. The summed E-state index contributed by atoms with van der Waals surface area (Å²) in [7, 11) is 1.62. The molecule has 1 aliphatic heterocycles. The van der Waals surface area contributed by atoms with Crippen LogP contribution in [0.2, 0.25) is 0 Å². The van der Waals surface area contributed by atoms with E-state index in [0.29, 0.717) is 18.7 Å². The fourth-order valence-corrected chi connectivity index (χ4v) is 3.08. The minimum atomic E-state index is -0.101. The summed E-state index contributed by atoms with van der Waals surface area (Å²) in [5, 5.41) is 4.88. The molecule has 1 N–H and O–H groups in total. The van der Waals surface area contributed by atoms with Crippen molar-refractivity contribution in [2.24, 2.45) is 0 Å². The van der Waals surface area contributed by atoms with Gasteiger partial charge in [0.15, 0.2) is 0 Å². The standard InChI is InChI=1S/C18H23N3O2/c1-23-12-9-19-18(22)16-13-20-17(21-10-5-2-6-11-21)15-8-4-3-7-14(15)16/h3-4,7-8,13H,2,5-6,9-12H2,1H3,(H,19,22). The predicted molar refractivity (Wildman–Crippen MR) is 92.0 cm³/mol. The molecule has 1 aliphatic rings. The number of aromatic nitrogens is 1. The smallest absolute Gasteiger partial charge is 0.253 e. The molecule has 0 saturated carbocycles. The molecule has 1 fully saturated rings. The van der Waals surface area contributed by atoms with Gasteiger partial charge in [0.25, 0.3) is 5.91 Å². The molecule has 5 heteroatoms. The molecule has 1 aromatic carbocycles. The van der Waals surface area contributed by atoms with E-state index in [1.807, 2.05) is 18.2 Å². The van der Waals surface area contributed by atoms with Crippen LogP contribution >= 0.6 is 0 Å². The van der Waals surface area contributed by atoms with Gasteiger partial charge in [0.1, 0.15) is 5.82 Å². The number of carbonyl (C=O) groups is 1. The Kier molecular flexibility index (Phi) is 5.08. The van der Waals surface area contributed by atoms with Gasteiger partial charge in [-0.1, -0.05) is 24.3 Å². The minimum Gasteiger partial charge on any atom is -0.383 e. The van der Waals surface area contributed by atoms with Crippen LogP contribution in [0.25, 0.3) is 10.8 Å². The highest BCUT2D eigenvalue weighted by Gasteiger charge is 2.18. The molecular formula is C18H23N3O2. The monoisotopic (exact) mass is 313 g/mol. The van der Waals surface area contributed by atoms with Crippen LogP contribution < -0.4 is 10.2 Å². The first kappa shape index (κ1) is 15.7. The molecule has 23 heavy (non-hydrogen) atoms. The van der Waals surface area contributed by atoms with Crippen molar-refractivity contribution < 1.29 is 9.53 Å². The number of carbonyl (C=O) groups excluding carboxylic acids is 1. The lowest BCUT2D eigenvalue weighted by molar-refractivity contribution is 0.0938. The highest BCUT2D eigenvalue weighted by atomic mass is 16.5. The Morgan fingerprint density at radius 2 is 1.96 bits per heavy atom. The number of hydrogen-bond donors (Lipinski definition) is 1. The van der Waals surface area contributed by atoms with Crippen molar-refractivity contribution in [1.82, 2.24) is 10.3 Å². The van der Waals surface area contributed by atoms with Crippen molar-refractivity contribution in [2.45, 2.75) is 19.3 Å². The molecule has 0 atom stereocenters. The third-order valence-corrected chi connectivity index (χ3v) is 4.27. The fraction of sp³-hybridized carbons (Fsp3) is 0.444. The van der Waals surface area contributed by atoms with E-state index in [0.717, 1.165) is 29.7 Å². The molecule has 3 rings (SSSR count). The molecule has 0 unspecified atom stereocenters. The van der Waals surface area contributed by atoms with Gasteiger partial charge in [-0.3, -0.25) is 4.79 Å². The maximum atomic E-state index is 12.4. The van der Waals surface area contributed by atoms with Gasteiger partial charge < -0.3 is 15.0 Å². The van der Waals surface area contributed by atoms with Crippen LogP contribution in [0.4, 0.5) is 5.82 Å². The van der Waals surface area contributed by atoms with Gasteiger partial charge in [-0.15, -0.1) is 0 Å². The quantitative estimate of drug-likeness (QED) is 0.862. The predicted octanol–water partition coefficient (Wildman–Crippen LogP) is 2.60.